The SMILES string of the molecule is CCn1ccnc1C(NC)c1ccc(F)cc1C. The molecule has 0 saturated heterocycles. The number of hydrogen-bond acceptors (Lipinski definition) is 2. The molecule has 1 heterocycles. The standard InChI is InChI=1S/C14H18FN3/c1-4-18-8-7-17-14(18)13(16-3)12-6-5-11(15)9-10(12)2/h5-9,13,16H,4H2,1-3H3. The molecule has 0 aliphatic heterocycles. The van der Waals surface area contributed by atoms with Gasteiger partial charge in [-0.1, -0.05) is 6.07 Å². The zero-order valence-electron chi connectivity index (χ0n) is 10.9. The average molecular weight is 247 g/mol. The molecule has 3 nitrogen and oxygen atoms in total. The van der Waals surface area contributed by atoms with Crippen molar-refractivity contribution in [2.75, 3.05) is 7.05 Å². The van der Waals surface area contributed by atoms with Gasteiger partial charge in [-0.25, -0.2) is 9.37 Å². The number of imidazole rings is 1. The minimum absolute atomic E-state index is 0.0134. The fourth-order valence-electron chi connectivity index (χ4n) is 2.24. The van der Waals surface area contributed by atoms with Crippen molar-refractivity contribution in [1.29, 1.82) is 0 Å². The molecular weight excluding hydrogens is 229 g/mol. The van der Waals surface area contributed by atoms with Gasteiger partial charge in [-0.3, -0.25) is 0 Å². The van der Waals surface area contributed by atoms with Crippen LogP contribution in [0.1, 0.15) is 29.9 Å². The molecule has 0 amide bonds. The van der Waals surface area contributed by atoms with Gasteiger partial charge in [0, 0.05) is 18.9 Å². The van der Waals surface area contributed by atoms with Crippen LogP contribution in [0, 0.1) is 12.7 Å². The topological polar surface area (TPSA) is 29.9 Å². The molecule has 4 heteroatoms. The molecular formula is C14H18FN3. The highest BCUT2D eigenvalue weighted by atomic mass is 19.1. The largest absolute Gasteiger partial charge is 0.334 e. The number of nitrogens with zero attached hydrogens (tertiary/aromatic N) is 2. The zero-order valence-corrected chi connectivity index (χ0v) is 10.9. The van der Waals surface area contributed by atoms with Gasteiger partial charge in [0.1, 0.15) is 11.6 Å². The first-order chi connectivity index (χ1) is 8.67. The van der Waals surface area contributed by atoms with Crippen molar-refractivity contribution in [3.8, 4) is 0 Å². The molecule has 0 spiro atoms. The van der Waals surface area contributed by atoms with Crippen molar-refractivity contribution < 1.29 is 4.39 Å². The minimum Gasteiger partial charge on any atom is -0.334 e. The van der Waals surface area contributed by atoms with Crippen LogP contribution in [0.2, 0.25) is 0 Å². The number of nitrogens with one attached hydrogen (secondary N) is 1. The van der Waals surface area contributed by atoms with E-state index in [1.54, 1.807) is 12.3 Å². The Bertz CT molecular complexity index is 534. The lowest BCUT2D eigenvalue weighted by Crippen LogP contribution is -2.22. The van der Waals surface area contributed by atoms with Crippen molar-refractivity contribution in [3.63, 3.8) is 0 Å². The first-order valence-electron chi connectivity index (χ1n) is 6.11. The summed E-state index contributed by atoms with van der Waals surface area (Å²) in [5.74, 6) is 0.750. The molecule has 1 N–H and O–H groups in total. The van der Waals surface area contributed by atoms with Crippen LogP contribution >= 0.6 is 0 Å². The second-order valence-electron chi connectivity index (χ2n) is 4.29. The molecule has 2 aromatic rings. The average Bonchev–Trinajstić information content (AvgIpc) is 2.81. The van der Waals surface area contributed by atoms with E-state index < -0.39 is 0 Å². The summed E-state index contributed by atoms with van der Waals surface area (Å²) < 4.78 is 15.2. The number of benzene rings is 1. The number of hydrogen-bond donors (Lipinski definition) is 1. The summed E-state index contributed by atoms with van der Waals surface area (Å²) in [6, 6.07) is 4.85. The van der Waals surface area contributed by atoms with Gasteiger partial charge in [-0.2, -0.15) is 0 Å². The molecule has 1 unspecified atom stereocenters. The molecule has 96 valence electrons. The highest BCUT2D eigenvalue weighted by molar-refractivity contribution is 5.33. The quantitative estimate of drug-likeness (QED) is 0.900. The Balaban J connectivity index is 2.45. The Hall–Kier alpha value is -1.68. The summed E-state index contributed by atoms with van der Waals surface area (Å²) in [5, 5.41) is 3.25. The summed E-state index contributed by atoms with van der Waals surface area (Å²) in [6.07, 6.45) is 3.75. The van der Waals surface area contributed by atoms with Crippen LogP contribution in [0.15, 0.2) is 30.6 Å². The molecule has 0 bridgehead atoms. The molecule has 18 heavy (non-hydrogen) atoms. The van der Waals surface area contributed by atoms with Crippen molar-refractivity contribution in [2.24, 2.45) is 0 Å². The maximum Gasteiger partial charge on any atom is 0.130 e. The van der Waals surface area contributed by atoms with E-state index in [1.165, 1.54) is 6.07 Å². The summed E-state index contributed by atoms with van der Waals surface area (Å²) in [4.78, 5) is 4.40. The predicted octanol–water partition coefficient (Wildman–Crippen LogP) is 2.66. The third-order valence-electron chi connectivity index (χ3n) is 3.18. The van der Waals surface area contributed by atoms with Crippen LogP contribution in [0.3, 0.4) is 0 Å². The lowest BCUT2D eigenvalue weighted by molar-refractivity contribution is 0.583. The number of halogens is 1. The predicted molar refractivity (Wildman–Crippen MR) is 69.9 cm³/mol. The molecule has 1 aromatic carbocycles. The monoisotopic (exact) mass is 247 g/mol. The Morgan fingerprint density at radius 2 is 2.22 bits per heavy atom. The molecule has 0 fully saturated rings. The van der Waals surface area contributed by atoms with E-state index in [0.29, 0.717) is 0 Å². The first kappa shape index (κ1) is 12.8. The summed E-state index contributed by atoms with van der Waals surface area (Å²) >= 11 is 0. The minimum atomic E-state index is -0.204. The molecule has 0 radical (unpaired) electrons. The smallest absolute Gasteiger partial charge is 0.130 e. The van der Waals surface area contributed by atoms with E-state index in [9.17, 15) is 4.39 Å². The number of aromatic nitrogens is 2. The zero-order chi connectivity index (χ0) is 13.1. The lowest BCUT2D eigenvalue weighted by atomic mass is 10.0. The van der Waals surface area contributed by atoms with Gasteiger partial charge in [0.15, 0.2) is 0 Å². The van der Waals surface area contributed by atoms with Crippen molar-refractivity contribution in [1.82, 2.24) is 14.9 Å². The van der Waals surface area contributed by atoms with Crippen molar-refractivity contribution in [2.45, 2.75) is 26.4 Å². The van der Waals surface area contributed by atoms with Gasteiger partial charge >= 0.3 is 0 Å². The van der Waals surface area contributed by atoms with E-state index in [-0.39, 0.29) is 11.9 Å². The highest BCUT2D eigenvalue weighted by Gasteiger charge is 2.18. The molecule has 1 aromatic heterocycles. The molecule has 0 saturated carbocycles. The maximum atomic E-state index is 13.2. The summed E-state index contributed by atoms with van der Waals surface area (Å²) in [5.41, 5.74) is 1.99. The molecule has 0 aliphatic rings. The van der Waals surface area contributed by atoms with E-state index >= 15 is 0 Å². The van der Waals surface area contributed by atoms with E-state index in [4.69, 9.17) is 0 Å². The van der Waals surface area contributed by atoms with Gasteiger partial charge in [-0.05, 0) is 44.2 Å². The van der Waals surface area contributed by atoms with E-state index in [2.05, 4.69) is 21.8 Å². The van der Waals surface area contributed by atoms with Gasteiger partial charge in [0.25, 0.3) is 0 Å². The fraction of sp³-hybridized carbons (Fsp3) is 0.357. The van der Waals surface area contributed by atoms with Crippen LogP contribution in [0.25, 0.3) is 0 Å². The van der Waals surface area contributed by atoms with Gasteiger partial charge in [-0.15, -0.1) is 0 Å². The normalized spacial score (nSPS) is 12.7. The summed E-state index contributed by atoms with van der Waals surface area (Å²) in [6.45, 7) is 4.87. The fourth-order valence-corrected chi connectivity index (χ4v) is 2.24. The Kier molecular flexibility index (Phi) is 3.77. The highest BCUT2D eigenvalue weighted by Crippen LogP contribution is 2.24. The first-order valence-corrected chi connectivity index (χ1v) is 6.11. The van der Waals surface area contributed by atoms with E-state index in [0.717, 1.165) is 23.5 Å². The van der Waals surface area contributed by atoms with Crippen molar-refractivity contribution >= 4 is 0 Å². The molecule has 0 aliphatic carbocycles. The third kappa shape index (κ3) is 2.29. The second-order valence-corrected chi connectivity index (χ2v) is 4.29. The molecule has 2 rings (SSSR count). The van der Waals surface area contributed by atoms with Crippen LogP contribution in [0.5, 0.6) is 0 Å². The van der Waals surface area contributed by atoms with E-state index in [1.807, 2.05) is 26.2 Å². The Morgan fingerprint density at radius 3 is 2.83 bits per heavy atom. The Morgan fingerprint density at radius 1 is 1.44 bits per heavy atom. The summed E-state index contributed by atoms with van der Waals surface area (Å²) in [7, 11) is 1.89. The Labute approximate surface area is 107 Å². The van der Waals surface area contributed by atoms with Gasteiger partial charge in [0.05, 0.1) is 6.04 Å². The van der Waals surface area contributed by atoms with Crippen LogP contribution < -0.4 is 5.32 Å². The lowest BCUT2D eigenvalue weighted by Gasteiger charge is -2.19. The van der Waals surface area contributed by atoms with Crippen LogP contribution in [-0.4, -0.2) is 16.6 Å². The maximum absolute atomic E-state index is 13.2. The molecule has 1 atom stereocenters. The number of rotatable bonds is 4. The van der Waals surface area contributed by atoms with Gasteiger partial charge < -0.3 is 9.88 Å². The second kappa shape index (κ2) is 5.31. The van der Waals surface area contributed by atoms with Crippen LogP contribution in [0.4, 0.5) is 4.39 Å². The van der Waals surface area contributed by atoms with Crippen LogP contribution in [-0.2, 0) is 6.54 Å². The van der Waals surface area contributed by atoms with Gasteiger partial charge in [0.2, 0.25) is 0 Å². The third-order valence-corrected chi connectivity index (χ3v) is 3.18. The number of aryl methyl sites for hydroxylation is 2. The van der Waals surface area contributed by atoms with Crippen molar-refractivity contribution in [3.05, 3.63) is 53.4 Å².